The molecular formula is C15H16O4S. The number of phenolic OH excluding ortho intramolecular Hbond substituents is 2. The first-order chi connectivity index (χ1) is 9.25. The number of sulfone groups is 1. The first kappa shape index (κ1) is 14.4. The third kappa shape index (κ3) is 2.25. The molecule has 2 rings (SSSR count). The van der Waals surface area contributed by atoms with Crippen molar-refractivity contribution >= 4 is 9.84 Å². The van der Waals surface area contributed by atoms with Crippen LogP contribution in [-0.4, -0.2) is 18.6 Å². The van der Waals surface area contributed by atoms with Crippen LogP contribution >= 0.6 is 0 Å². The molecule has 0 aliphatic carbocycles. The van der Waals surface area contributed by atoms with Gasteiger partial charge >= 0.3 is 0 Å². The Morgan fingerprint density at radius 1 is 0.900 bits per heavy atom. The molecule has 0 fully saturated rings. The highest BCUT2D eigenvalue weighted by molar-refractivity contribution is 7.91. The van der Waals surface area contributed by atoms with Gasteiger partial charge in [0.25, 0.3) is 0 Å². The van der Waals surface area contributed by atoms with Crippen molar-refractivity contribution in [3.05, 3.63) is 47.0 Å². The lowest BCUT2D eigenvalue weighted by Gasteiger charge is -2.12. The predicted octanol–water partition coefficient (Wildman–Crippen LogP) is 2.86. The molecule has 0 aliphatic rings. The zero-order chi connectivity index (χ0) is 15.1. The average molecular weight is 292 g/mol. The molecule has 2 aromatic carbocycles. The maximum atomic E-state index is 12.6. The van der Waals surface area contributed by atoms with Crippen LogP contribution in [0.4, 0.5) is 0 Å². The standard InChI is InChI=1S/C15H16O4S/c1-9-5-4-6-13(16)15(9)20(18,19)12-7-10(2)11(3)14(17)8-12/h4-8,16-17H,1-3H3. The summed E-state index contributed by atoms with van der Waals surface area (Å²) in [5, 5.41) is 19.6. The normalized spacial score (nSPS) is 11.6. The number of aryl methyl sites for hydroxylation is 2. The molecule has 2 aromatic rings. The fraction of sp³-hybridized carbons (Fsp3) is 0.200. The summed E-state index contributed by atoms with van der Waals surface area (Å²) in [5.41, 5.74) is 1.78. The summed E-state index contributed by atoms with van der Waals surface area (Å²) in [4.78, 5) is -0.148. The summed E-state index contributed by atoms with van der Waals surface area (Å²) >= 11 is 0. The fourth-order valence-electron chi connectivity index (χ4n) is 2.07. The molecule has 20 heavy (non-hydrogen) atoms. The molecule has 0 saturated heterocycles. The van der Waals surface area contributed by atoms with E-state index in [2.05, 4.69) is 0 Å². The van der Waals surface area contributed by atoms with Gasteiger partial charge in [0.2, 0.25) is 9.84 Å². The second-order valence-electron chi connectivity index (χ2n) is 4.81. The lowest BCUT2D eigenvalue weighted by molar-refractivity contribution is 0.457. The SMILES string of the molecule is Cc1cc(S(=O)(=O)c2c(C)cccc2O)cc(O)c1C. The van der Waals surface area contributed by atoms with Crippen molar-refractivity contribution in [1.29, 1.82) is 0 Å². The summed E-state index contributed by atoms with van der Waals surface area (Å²) in [6.45, 7) is 5.06. The van der Waals surface area contributed by atoms with Crippen LogP contribution in [0.15, 0.2) is 40.1 Å². The van der Waals surface area contributed by atoms with E-state index in [1.165, 1.54) is 18.2 Å². The average Bonchev–Trinajstić information content (AvgIpc) is 2.34. The van der Waals surface area contributed by atoms with Crippen LogP contribution < -0.4 is 0 Å². The summed E-state index contributed by atoms with van der Waals surface area (Å²) in [6.07, 6.45) is 0. The van der Waals surface area contributed by atoms with Crippen LogP contribution in [0.1, 0.15) is 16.7 Å². The molecule has 4 nitrogen and oxygen atoms in total. The van der Waals surface area contributed by atoms with Crippen molar-refractivity contribution in [2.24, 2.45) is 0 Å². The lowest BCUT2D eigenvalue weighted by Crippen LogP contribution is -2.05. The monoisotopic (exact) mass is 292 g/mol. The van der Waals surface area contributed by atoms with Crippen molar-refractivity contribution in [3.8, 4) is 11.5 Å². The van der Waals surface area contributed by atoms with Crippen LogP contribution in [0.3, 0.4) is 0 Å². The molecule has 0 atom stereocenters. The van der Waals surface area contributed by atoms with E-state index < -0.39 is 9.84 Å². The topological polar surface area (TPSA) is 74.6 Å². The van der Waals surface area contributed by atoms with Gasteiger partial charge < -0.3 is 10.2 Å². The zero-order valence-corrected chi connectivity index (χ0v) is 12.3. The molecule has 0 aliphatic heterocycles. The molecule has 0 bridgehead atoms. The molecule has 0 radical (unpaired) electrons. The van der Waals surface area contributed by atoms with Gasteiger partial charge in [-0.05, 0) is 55.7 Å². The highest BCUT2D eigenvalue weighted by Gasteiger charge is 2.24. The molecule has 0 unspecified atom stereocenters. The minimum absolute atomic E-state index is 0.0253. The van der Waals surface area contributed by atoms with Crippen molar-refractivity contribution < 1.29 is 18.6 Å². The van der Waals surface area contributed by atoms with Crippen LogP contribution in [0.2, 0.25) is 0 Å². The number of hydrogen-bond acceptors (Lipinski definition) is 4. The van der Waals surface area contributed by atoms with E-state index in [-0.39, 0.29) is 21.3 Å². The van der Waals surface area contributed by atoms with Gasteiger partial charge in [-0.3, -0.25) is 0 Å². The van der Waals surface area contributed by atoms with Gasteiger partial charge in [-0.1, -0.05) is 12.1 Å². The Kier molecular flexibility index (Phi) is 3.48. The summed E-state index contributed by atoms with van der Waals surface area (Å²) in [5.74, 6) is -0.362. The van der Waals surface area contributed by atoms with E-state index >= 15 is 0 Å². The van der Waals surface area contributed by atoms with E-state index in [0.717, 1.165) is 0 Å². The molecule has 0 aromatic heterocycles. The molecule has 0 saturated carbocycles. The number of phenols is 2. The number of rotatable bonds is 2. The highest BCUT2D eigenvalue weighted by atomic mass is 32.2. The maximum absolute atomic E-state index is 12.6. The van der Waals surface area contributed by atoms with E-state index in [4.69, 9.17) is 0 Å². The largest absolute Gasteiger partial charge is 0.508 e. The molecular weight excluding hydrogens is 276 g/mol. The second-order valence-corrected chi connectivity index (χ2v) is 6.70. The first-order valence-corrected chi connectivity index (χ1v) is 7.57. The Morgan fingerprint density at radius 3 is 2.10 bits per heavy atom. The van der Waals surface area contributed by atoms with Gasteiger partial charge in [-0.25, -0.2) is 8.42 Å². The smallest absolute Gasteiger partial charge is 0.210 e. The molecule has 0 amide bonds. The Morgan fingerprint density at radius 2 is 1.55 bits per heavy atom. The number of hydrogen-bond donors (Lipinski definition) is 2. The van der Waals surface area contributed by atoms with Gasteiger partial charge in [0.15, 0.2) is 0 Å². The first-order valence-electron chi connectivity index (χ1n) is 6.09. The quantitative estimate of drug-likeness (QED) is 0.892. The van der Waals surface area contributed by atoms with Gasteiger partial charge in [-0.2, -0.15) is 0 Å². The molecule has 106 valence electrons. The van der Waals surface area contributed by atoms with E-state index in [9.17, 15) is 18.6 Å². The molecule has 5 heteroatoms. The minimum atomic E-state index is -3.87. The zero-order valence-electron chi connectivity index (χ0n) is 11.5. The Hall–Kier alpha value is -2.01. The van der Waals surface area contributed by atoms with Crippen LogP contribution in [0, 0.1) is 20.8 Å². The maximum Gasteiger partial charge on any atom is 0.210 e. The van der Waals surface area contributed by atoms with Gasteiger partial charge in [0, 0.05) is 0 Å². The fourth-order valence-corrected chi connectivity index (χ4v) is 3.74. The van der Waals surface area contributed by atoms with Gasteiger partial charge in [0.05, 0.1) is 4.90 Å². The second kappa shape index (κ2) is 4.83. The molecule has 0 spiro atoms. The lowest BCUT2D eigenvalue weighted by atomic mass is 10.1. The van der Waals surface area contributed by atoms with E-state index in [0.29, 0.717) is 16.7 Å². The van der Waals surface area contributed by atoms with Gasteiger partial charge in [0.1, 0.15) is 16.4 Å². The van der Waals surface area contributed by atoms with Crippen LogP contribution in [-0.2, 0) is 9.84 Å². The van der Waals surface area contributed by atoms with E-state index in [1.807, 2.05) is 0 Å². The van der Waals surface area contributed by atoms with Crippen molar-refractivity contribution in [2.45, 2.75) is 30.6 Å². The van der Waals surface area contributed by atoms with Gasteiger partial charge in [-0.15, -0.1) is 0 Å². The van der Waals surface area contributed by atoms with Crippen LogP contribution in [0.25, 0.3) is 0 Å². The van der Waals surface area contributed by atoms with E-state index in [1.54, 1.807) is 32.9 Å². The third-order valence-corrected chi connectivity index (χ3v) is 5.31. The third-order valence-electron chi connectivity index (χ3n) is 3.38. The predicted molar refractivity (Wildman–Crippen MR) is 75.9 cm³/mol. The molecule has 2 N–H and O–H groups in total. The summed E-state index contributed by atoms with van der Waals surface area (Å²) in [6, 6.07) is 7.25. The Balaban J connectivity index is 2.74. The highest BCUT2D eigenvalue weighted by Crippen LogP contribution is 2.34. The number of benzene rings is 2. The minimum Gasteiger partial charge on any atom is -0.508 e. The van der Waals surface area contributed by atoms with Crippen LogP contribution in [0.5, 0.6) is 11.5 Å². The number of aromatic hydroxyl groups is 2. The summed E-state index contributed by atoms with van der Waals surface area (Å²) < 4.78 is 25.2. The van der Waals surface area contributed by atoms with Crippen molar-refractivity contribution in [1.82, 2.24) is 0 Å². The Bertz CT molecular complexity index is 733. The van der Waals surface area contributed by atoms with Crippen molar-refractivity contribution in [2.75, 3.05) is 0 Å². The summed E-state index contributed by atoms with van der Waals surface area (Å²) in [7, 11) is -3.87. The van der Waals surface area contributed by atoms with Crippen molar-refractivity contribution in [3.63, 3.8) is 0 Å². The Labute approximate surface area is 118 Å². The molecule has 0 heterocycles.